The number of amides is 1. The number of hydrogen-bond donors (Lipinski definition) is 3. The third-order valence-electron chi connectivity index (χ3n) is 5.94. The van der Waals surface area contributed by atoms with Gasteiger partial charge in [0.25, 0.3) is 5.91 Å². The van der Waals surface area contributed by atoms with Crippen molar-refractivity contribution >= 4 is 34.4 Å². The molecule has 0 aliphatic heterocycles. The highest BCUT2D eigenvalue weighted by Gasteiger charge is 2.17. The van der Waals surface area contributed by atoms with Crippen LogP contribution in [0.2, 0.25) is 5.02 Å². The molecule has 5 rings (SSSR count). The first-order valence-corrected chi connectivity index (χ1v) is 12.3. The summed E-state index contributed by atoms with van der Waals surface area (Å²) in [7, 11) is 1.63. The number of methoxy groups -OCH3 is 1. The van der Waals surface area contributed by atoms with Gasteiger partial charge in [0.1, 0.15) is 23.8 Å². The lowest BCUT2D eigenvalue weighted by Crippen LogP contribution is -2.13. The average molecular weight is 532 g/mol. The second-order valence-corrected chi connectivity index (χ2v) is 9.11. The smallest absolute Gasteiger partial charge is 0.256 e. The molecule has 194 valence electrons. The van der Waals surface area contributed by atoms with Gasteiger partial charge in [-0.25, -0.2) is 4.98 Å². The Labute approximate surface area is 224 Å². The zero-order valence-electron chi connectivity index (χ0n) is 20.9. The zero-order valence-corrected chi connectivity index (χ0v) is 21.6. The number of benzene rings is 3. The van der Waals surface area contributed by atoms with Crippen molar-refractivity contribution in [1.29, 1.82) is 0 Å². The van der Waals surface area contributed by atoms with Crippen molar-refractivity contribution in [3.63, 3.8) is 0 Å². The van der Waals surface area contributed by atoms with E-state index in [9.17, 15) is 4.79 Å². The van der Waals surface area contributed by atoms with Crippen molar-refractivity contribution < 1.29 is 19.4 Å². The predicted molar refractivity (Wildman–Crippen MR) is 146 cm³/mol. The van der Waals surface area contributed by atoms with Crippen molar-refractivity contribution in [3.05, 3.63) is 88.4 Å². The molecule has 1 amide bonds. The molecular formula is C28H26ClN5O4. The molecule has 0 aliphatic carbocycles. The molecule has 3 N–H and O–H groups in total. The summed E-state index contributed by atoms with van der Waals surface area (Å²) < 4.78 is 12.4. The molecule has 3 aromatic carbocycles. The highest BCUT2D eigenvalue weighted by atomic mass is 35.5. The van der Waals surface area contributed by atoms with Crippen LogP contribution in [-0.4, -0.2) is 51.1 Å². The first-order chi connectivity index (χ1) is 18.4. The summed E-state index contributed by atoms with van der Waals surface area (Å²) in [5.41, 5.74) is 4.94. The lowest BCUT2D eigenvalue weighted by Gasteiger charge is -2.08. The number of aromatic nitrogens is 4. The van der Waals surface area contributed by atoms with Crippen LogP contribution in [0.3, 0.4) is 0 Å². The van der Waals surface area contributed by atoms with Crippen LogP contribution in [0.15, 0.2) is 66.7 Å². The van der Waals surface area contributed by atoms with Crippen molar-refractivity contribution in [2.75, 3.05) is 25.6 Å². The van der Waals surface area contributed by atoms with E-state index in [0.29, 0.717) is 29.5 Å². The van der Waals surface area contributed by atoms with Gasteiger partial charge in [0.15, 0.2) is 11.6 Å². The Hall–Kier alpha value is -4.34. The fourth-order valence-corrected chi connectivity index (χ4v) is 4.27. The van der Waals surface area contributed by atoms with Crippen LogP contribution in [0.1, 0.15) is 21.5 Å². The Morgan fingerprint density at radius 2 is 1.92 bits per heavy atom. The average Bonchev–Trinajstić information content (AvgIpc) is 3.51. The fraction of sp³-hybridized carbons (Fsp3) is 0.179. The minimum atomic E-state index is -0.374. The minimum absolute atomic E-state index is 0.112. The molecule has 0 bridgehead atoms. The predicted octanol–water partition coefficient (Wildman–Crippen LogP) is 5.07. The number of aromatic amines is 1. The van der Waals surface area contributed by atoms with Gasteiger partial charge < -0.3 is 24.9 Å². The molecule has 0 fully saturated rings. The first-order valence-electron chi connectivity index (χ1n) is 12.0. The number of ether oxygens (including phenoxy) is 2. The number of aryl methyl sites for hydroxylation is 1. The topological polar surface area (TPSA) is 114 Å². The standard InChI is InChI=1S/C28H26ClN5O4/c1-17-3-9-22-23(13-17)31-27(30-22)24-15-26(33-34(24)16-18-4-7-20(37-2)8-5-18)32-28(36)19-6-10-25(21(29)14-19)38-12-11-35/h3-10,13-15,35H,11-12,16H2,1-2H3,(H,30,31)(H,32,33,36). The fourth-order valence-electron chi connectivity index (χ4n) is 4.03. The number of nitrogens with zero attached hydrogens (tertiary/aromatic N) is 3. The second-order valence-electron chi connectivity index (χ2n) is 8.70. The number of carbonyl (C=O) groups is 1. The highest BCUT2D eigenvalue weighted by molar-refractivity contribution is 6.32. The normalized spacial score (nSPS) is 11.1. The number of H-pyrrole nitrogens is 1. The molecule has 5 aromatic rings. The van der Waals surface area contributed by atoms with E-state index in [1.807, 2.05) is 49.4 Å². The summed E-state index contributed by atoms with van der Waals surface area (Å²) in [6.07, 6.45) is 0. The molecule has 10 heteroatoms. The van der Waals surface area contributed by atoms with Gasteiger partial charge in [-0.1, -0.05) is 29.8 Å². The van der Waals surface area contributed by atoms with E-state index in [1.54, 1.807) is 30.0 Å². The van der Waals surface area contributed by atoms with Gasteiger partial charge in [0.2, 0.25) is 0 Å². The summed E-state index contributed by atoms with van der Waals surface area (Å²) in [6.45, 7) is 2.45. The molecule has 0 unspecified atom stereocenters. The van der Waals surface area contributed by atoms with Crippen molar-refractivity contribution in [2.45, 2.75) is 13.5 Å². The third kappa shape index (κ3) is 5.49. The molecule has 0 saturated heterocycles. The van der Waals surface area contributed by atoms with Crippen LogP contribution in [0.4, 0.5) is 5.82 Å². The largest absolute Gasteiger partial charge is 0.497 e. The molecule has 0 radical (unpaired) electrons. The van der Waals surface area contributed by atoms with Gasteiger partial charge in [-0.15, -0.1) is 0 Å². The van der Waals surface area contributed by atoms with Crippen LogP contribution < -0.4 is 14.8 Å². The number of hydrogen-bond acceptors (Lipinski definition) is 6. The molecule has 0 atom stereocenters. The Balaban J connectivity index is 1.45. The molecule has 0 aliphatic rings. The van der Waals surface area contributed by atoms with Gasteiger partial charge >= 0.3 is 0 Å². The zero-order chi connectivity index (χ0) is 26.6. The van der Waals surface area contributed by atoms with E-state index in [4.69, 9.17) is 31.2 Å². The SMILES string of the molecule is COc1ccc(Cn2nc(NC(=O)c3ccc(OCCO)c(Cl)c3)cc2-c2nc3cc(C)ccc3[nH]2)cc1. The quantitative estimate of drug-likeness (QED) is 0.245. The molecule has 0 saturated carbocycles. The molecule has 0 spiro atoms. The van der Waals surface area contributed by atoms with Gasteiger partial charge in [-0.3, -0.25) is 9.48 Å². The third-order valence-corrected chi connectivity index (χ3v) is 6.23. The Morgan fingerprint density at radius 3 is 2.66 bits per heavy atom. The monoisotopic (exact) mass is 531 g/mol. The van der Waals surface area contributed by atoms with Crippen molar-refractivity contribution in [2.24, 2.45) is 0 Å². The number of fused-ring (bicyclic) bond motifs is 1. The second kappa shape index (κ2) is 11.0. The van der Waals surface area contributed by atoms with E-state index in [1.165, 1.54) is 6.07 Å². The van der Waals surface area contributed by atoms with E-state index in [2.05, 4.69) is 15.4 Å². The molecule has 9 nitrogen and oxygen atoms in total. The van der Waals surface area contributed by atoms with E-state index >= 15 is 0 Å². The molecule has 2 heterocycles. The minimum Gasteiger partial charge on any atom is -0.497 e. The maximum absolute atomic E-state index is 13.0. The van der Waals surface area contributed by atoms with E-state index in [0.717, 1.165) is 33.6 Å². The Bertz CT molecular complexity index is 1590. The van der Waals surface area contributed by atoms with Crippen LogP contribution in [0, 0.1) is 6.92 Å². The lowest BCUT2D eigenvalue weighted by molar-refractivity contribution is 0.102. The van der Waals surface area contributed by atoms with E-state index in [-0.39, 0.29) is 24.1 Å². The summed E-state index contributed by atoms with van der Waals surface area (Å²) in [4.78, 5) is 21.1. The summed E-state index contributed by atoms with van der Waals surface area (Å²) in [5, 5.41) is 16.7. The van der Waals surface area contributed by atoms with Gasteiger partial charge in [-0.2, -0.15) is 5.10 Å². The van der Waals surface area contributed by atoms with Gasteiger partial charge in [-0.05, 0) is 60.5 Å². The number of rotatable bonds is 9. The number of aliphatic hydroxyl groups is 1. The number of carbonyl (C=O) groups excluding carboxylic acids is 1. The van der Waals surface area contributed by atoms with Crippen molar-refractivity contribution in [3.8, 4) is 23.0 Å². The highest BCUT2D eigenvalue weighted by Crippen LogP contribution is 2.28. The first kappa shape index (κ1) is 25.3. The van der Waals surface area contributed by atoms with Crippen LogP contribution in [-0.2, 0) is 6.54 Å². The number of halogens is 1. The molecule has 2 aromatic heterocycles. The maximum atomic E-state index is 13.0. The molecule has 38 heavy (non-hydrogen) atoms. The number of anilines is 1. The molecular weight excluding hydrogens is 506 g/mol. The summed E-state index contributed by atoms with van der Waals surface area (Å²) in [5.74, 6) is 1.79. The van der Waals surface area contributed by atoms with Crippen LogP contribution in [0.5, 0.6) is 11.5 Å². The Kier molecular flexibility index (Phi) is 7.30. The number of imidazole rings is 1. The summed E-state index contributed by atoms with van der Waals surface area (Å²) >= 11 is 6.26. The number of aliphatic hydroxyl groups excluding tert-OH is 1. The van der Waals surface area contributed by atoms with Crippen LogP contribution in [0.25, 0.3) is 22.6 Å². The van der Waals surface area contributed by atoms with E-state index < -0.39 is 0 Å². The lowest BCUT2D eigenvalue weighted by atomic mass is 10.2. The van der Waals surface area contributed by atoms with Crippen LogP contribution >= 0.6 is 11.6 Å². The Morgan fingerprint density at radius 1 is 1.11 bits per heavy atom. The van der Waals surface area contributed by atoms with Gasteiger partial charge in [0, 0.05) is 11.6 Å². The van der Waals surface area contributed by atoms with Gasteiger partial charge in [0.05, 0.1) is 36.3 Å². The van der Waals surface area contributed by atoms with Crippen molar-refractivity contribution in [1.82, 2.24) is 19.7 Å². The number of nitrogens with one attached hydrogen (secondary N) is 2. The summed E-state index contributed by atoms with van der Waals surface area (Å²) in [6, 6.07) is 20.2. The maximum Gasteiger partial charge on any atom is 0.256 e.